The van der Waals surface area contributed by atoms with Crippen LogP contribution in [0.4, 0.5) is 0 Å². The molecule has 0 saturated carbocycles. The number of rotatable bonds is 6. The van der Waals surface area contributed by atoms with Gasteiger partial charge < -0.3 is 10.6 Å². The van der Waals surface area contributed by atoms with Crippen LogP contribution in [0, 0.1) is 13.8 Å². The molecule has 0 unspecified atom stereocenters. The van der Waals surface area contributed by atoms with Crippen LogP contribution in [0.3, 0.4) is 0 Å². The van der Waals surface area contributed by atoms with Gasteiger partial charge in [0.1, 0.15) is 5.01 Å². The van der Waals surface area contributed by atoms with Crippen LogP contribution in [0.5, 0.6) is 0 Å². The Labute approximate surface area is 149 Å². The number of nitrogens with zero attached hydrogens (tertiary/aromatic N) is 2. The largest absolute Gasteiger partial charge is 0.356 e. The maximum atomic E-state index is 4.64. The Morgan fingerprint density at radius 3 is 2.67 bits per heavy atom. The van der Waals surface area contributed by atoms with Gasteiger partial charge in [-0.3, -0.25) is 4.99 Å². The highest BCUT2D eigenvalue weighted by Crippen LogP contribution is 2.17. The number of hydrogen-bond donors (Lipinski definition) is 2. The molecule has 24 heavy (non-hydrogen) atoms. The molecule has 1 heterocycles. The number of benzene rings is 1. The summed E-state index contributed by atoms with van der Waals surface area (Å²) in [4.78, 5) is 8.92. The van der Waals surface area contributed by atoms with Crippen molar-refractivity contribution in [2.24, 2.45) is 4.99 Å². The number of guanidine groups is 1. The Bertz CT molecular complexity index is 688. The van der Waals surface area contributed by atoms with Gasteiger partial charge in [0.2, 0.25) is 0 Å². The second-order valence-corrected chi connectivity index (χ2v) is 7.30. The van der Waals surface area contributed by atoms with Gasteiger partial charge in [-0.25, -0.2) is 4.98 Å². The first-order valence-corrected chi connectivity index (χ1v) is 9.32. The van der Waals surface area contributed by atoms with Gasteiger partial charge in [-0.15, -0.1) is 11.3 Å². The van der Waals surface area contributed by atoms with Gasteiger partial charge in [0.05, 0.1) is 12.2 Å². The van der Waals surface area contributed by atoms with E-state index in [2.05, 4.69) is 71.9 Å². The van der Waals surface area contributed by atoms with Crippen LogP contribution in [-0.4, -0.2) is 24.5 Å². The summed E-state index contributed by atoms with van der Waals surface area (Å²) >= 11 is 1.70. The first kappa shape index (κ1) is 18.5. The summed E-state index contributed by atoms with van der Waals surface area (Å²) < 4.78 is 0. The van der Waals surface area contributed by atoms with E-state index in [0.717, 1.165) is 29.6 Å². The van der Waals surface area contributed by atoms with Crippen LogP contribution in [0.25, 0.3) is 0 Å². The summed E-state index contributed by atoms with van der Waals surface area (Å²) in [6.07, 6.45) is 0.988. The maximum Gasteiger partial charge on any atom is 0.191 e. The third-order valence-corrected chi connectivity index (χ3v) is 4.84. The molecule has 0 amide bonds. The molecular formula is C19H28N4S. The van der Waals surface area contributed by atoms with E-state index in [1.165, 1.54) is 16.7 Å². The smallest absolute Gasteiger partial charge is 0.191 e. The zero-order chi connectivity index (χ0) is 17.5. The molecule has 0 fully saturated rings. The predicted octanol–water partition coefficient (Wildman–Crippen LogP) is 3.79. The lowest BCUT2D eigenvalue weighted by Gasteiger charge is -2.12. The Morgan fingerprint density at radius 2 is 2.04 bits per heavy atom. The van der Waals surface area contributed by atoms with Crippen LogP contribution >= 0.6 is 11.3 Å². The van der Waals surface area contributed by atoms with Crippen LogP contribution in [0.2, 0.25) is 0 Å². The van der Waals surface area contributed by atoms with E-state index in [1.807, 2.05) is 0 Å². The Hall–Kier alpha value is -1.88. The predicted molar refractivity (Wildman–Crippen MR) is 104 cm³/mol. The molecule has 1 aromatic heterocycles. The third kappa shape index (κ3) is 5.34. The summed E-state index contributed by atoms with van der Waals surface area (Å²) in [7, 11) is 1.80. The number of aryl methyl sites for hydroxylation is 2. The van der Waals surface area contributed by atoms with Crippen molar-refractivity contribution in [2.45, 2.75) is 46.6 Å². The molecule has 0 atom stereocenters. The molecular weight excluding hydrogens is 316 g/mol. The van der Waals surface area contributed by atoms with Crippen molar-refractivity contribution in [3.8, 4) is 0 Å². The zero-order valence-electron chi connectivity index (χ0n) is 15.3. The van der Waals surface area contributed by atoms with E-state index >= 15 is 0 Å². The minimum absolute atomic E-state index is 0.477. The molecule has 2 rings (SSSR count). The summed E-state index contributed by atoms with van der Waals surface area (Å²) in [6, 6.07) is 6.62. The van der Waals surface area contributed by atoms with Crippen LogP contribution in [0.1, 0.15) is 47.2 Å². The lowest BCUT2D eigenvalue weighted by Crippen LogP contribution is -2.37. The van der Waals surface area contributed by atoms with Crippen molar-refractivity contribution in [2.75, 3.05) is 13.6 Å². The highest BCUT2D eigenvalue weighted by Gasteiger charge is 2.06. The van der Waals surface area contributed by atoms with Crippen molar-refractivity contribution >= 4 is 17.3 Å². The van der Waals surface area contributed by atoms with Gasteiger partial charge in [0, 0.05) is 19.0 Å². The van der Waals surface area contributed by atoms with Crippen molar-refractivity contribution in [1.29, 1.82) is 0 Å². The molecule has 2 N–H and O–H groups in total. The molecule has 0 aliphatic heterocycles. The Morgan fingerprint density at radius 1 is 1.25 bits per heavy atom. The number of thiazole rings is 1. The molecule has 0 bridgehead atoms. The Balaban J connectivity index is 1.79. The van der Waals surface area contributed by atoms with E-state index in [0.29, 0.717) is 12.5 Å². The van der Waals surface area contributed by atoms with Crippen molar-refractivity contribution < 1.29 is 0 Å². The monoisotopic (exact) mass is 344 g/mol. The third-order valence-electron chi connectivity index (χ3n) is 3.98. The molecule has 2 aromatic rings. The van der Waals surface area contributed by atoms with Crippen LogP contribution < -0.4 is 10.6 Å². The highest BCUT2D eigenvalue weighted by atomic mass is 32.1. The normalized spacial score (nSPS) is 11.8. The molecule has 0 radical (unpaired) electrons. The van der Waals surface area contributed by atoms with E-state index in [4.69, 9.17) is 0 Å². The maximum absolute atomic E-state index is 4.64. The fraction of sp³-hybridized carbons (Fsp3) is 0.474. The molecule has 130 valence electrons. The van der Waals surface area contributed by atoms with Gasteiger partial charge in [0.25, 0.3) is 0 Å². The van der Waals surface area contributed by atoms with Gasteiger partial charge in [0.15, 0.2) is 5.96 Å². The molecule has 0 aliphatic carbocycles. The molecule has 1 aromatic carbocycles. The summed E-state index contributed by atoms with van der Waals surface area (Å²) in [5, 5.41) is 9.94. The van der Waals surface area contributed by atoms with E-state index in [-0.39, 0.29) is 0 Å². The first-order valence-electron chi connectivity index (χ1n) is 8.44. The van der Waals surface area contributed by atoms with Crippen molar-refractivity contribution in [1.82, 2.24) is 15.6 Å². The first-order chi connectivity index (χ1) is 11.5. The van der Waals surface area contributed by atoms with Crippen molar-refractivity contribution in [3.05, 3.63) is 51.0 Å². The lowest BCUT2D eigenvalue weighted by atomic mass is 10.0. The zero-order valence-corrected chi connectivity index (χ0v) is 16.1. The molecule has 4 nitrogen and oxygen atoms in total. The van der Waals surface area contributed by atoms with Crippen molar-refractivity contribution in [3.63, 3.8) is 0 Å². The topological polar surface area (TPSA) is 49.3 Å². The van der Waals surface area contributed by atoms with Gasteiger partial charge in [-0.05, 0) is 37.3 Å². The number of aromatic nitrogens is 1. The summed E-state index contributed by atoms with van der Waals surface area (Å²) in [5.74, 6) is 1.30. The lowest BCUT2D eigenvalue weighted by molar-refractivity contribution is 0.777. The summed E-state index contributed by atoms with van der Waals surface area (Å²) in [6.45, 7) is 10.2. The number of nitrogens with one attached hydrogen (secondary N) is 2. The minimum atomic E-state index is 0.477. The second-order valence-electron chi connectivity index (χ2n) is 6.35. The minimum Gasteiger partial charge on any atom is -0.356 e. The number of aliphatic imine (C=N–C) groups is 1. The SMILES string of the molecule is CN=C(NCCc1ccc(C)cc1C)NCc1nc(C(C)C)cs1. The fourth-order valence-electron chi connectivity index (χ4n) is 2.49. The van der Waals surface area contributed by atoms with E-state index in [1.54, 1.807) is 18.4 Å². The molecule has 0 spiro atoms. The standard InChI is InChI=1S/C19H28N4S/c1-13(2)17-12-24-18(23-17)11-22-19(20-5)21-9-8-16-7-6-14(3)10-15(16)4/h6-7,10,12-13H,8-9,11H2,1-5H3,(H2,20,21,22). The summed E-state index contributed by atoms with van der Waals surface area (Å²) in [5.41, 5.74) is 5.20. The number of hydrogen-bond acceptors (Lipinski definition) is 3. The van der Waals surface area contributed by atoms with Crippen LogP contribution in [0.15, 0.2) is 28.6 Å². The average Bonchev–Trinajstić information content (AvgIpc) is 3.01. The molecule has 0 aliphatic rings. The molecule has 5 heteroatoms. The average molecular weight is 345 g/mol. The molecule has 0 saturated heterocycles. The highest BCUT2D eigenvalue weighted by molar-refractivity contribution is 7.09. The Kier molecular flexibility index (Phi) is 6.79. The quantitative estimate of drug-likeness (QED) is 0.619. The van der Waals surface area contributed by atoms with Gasteiger partial charge >= 0.3 is 0 Å². The van der Waals surface area contributed by atoms with Crippen LogP contribution in [-0.2, 0) is 13.0 Å². The van der Waals surface area contributed by atoms with E-state index in [9.17, 15) is 0 Å². The fourth-order valence-corrected chi connectivity index (χ4v) is 3.39. The van der Waals surface area contributed by atoms with E-state index < -0.39 is 0 Å². The van der Waals surface area contributed by atoms with Gasteiger partial charge in [-0.2, -0.15) is 0 Å². The van der Waals surface area contributed by atoms with Gasteiger partial charge in [-0.1, -0.05) is 37.6 Å². The second kappa shape index (κ2) is 8.83.